The molecule has 0 amide bonds. The fourth-order valence-electron chi connectivity index (χ4n) is 10.9. The Morgan fingerprint density at radius 1 is 0.256 bits per heavy atom. The molecule has 6 heteroatoms. The Balaban J connectivity index is 4.24. The summed E-state index contributed by atoms with van der Waals surface area (Å²) in [6.45, 7) is 6.68. The van der Waals surface area contributed by atoms with Crippen LogP contribution in [0.3, 0.4) is 0 Å². The summed E-state index contributed by atoms with van der Waals surface area (Å²) in [4.78, 5) is 38.4. The van der Waals surface area contributed by atoms with Gasteiger partial charge in [0, 0.05) is 19.3 Å². The number of ether oxygens (including phenoxy) is 3. The van der Waals surface area contributed by atoms with Gasteiger partial charge in [-0.1, -0.05) is 360 Å². The minimum absolute atomic E-state index is 0.0692. The van der Waals surface area contributed by atoms with Gasteiger partial charge in [-0.3, -0.25) is 14.4 Å². The van der Waals surface area contributed by atoms with Gasteiger partial charge in [-0.05, 0) is 44.9 Å². The number of allylic oxidation sites excluding steroid dienone is 4. The summed E-state index contributed by atoms with van der Waals surface area (Å²) in [6, 6.07) is 0. The second kappa shape index (κ2) is 67.4. The Hall–Kier alpha value is -2.11. The first-order chi connectivity index (χ1) is 38.5. The Morgan fingerprint density at radius 3 is 0.744 bits per heavy atom. The highest BCUT2D eigenvalue weighted by atomic mass is 16.6. The third-order valence-electron chi connectivity index (χ3n) is 16.2. The van der Waals surface area contributed by atoms with E-state index in [1.807, 2.05) is 0 Å². The fraction of sp³-hybridized carbons (Fsp3) is 0.903. The Labute approximate surface area is 487 Å². The molecule has 1 atom stereocenters. The molecule has 1 unspecified atom stereocenters. The first-order valence-corrected chi connectivity index (χ1v) is 35.3. The van der Waals surface area contributed by atoms with Gasteiger partial charge in [-0.25, -0.2) is 0 Å². The molecule has 0 radical (unpaired) electrons. The molecular formula is C72H136O6. The van der Waals surface area contributed by atoms with Crippen LogP contribution in [0.5, 0.6) is 0 Å². The van der Waals surface area contributed by atoms with Gasteiger partial charge >= 0.3 is 17.9 Å². The molecule has 0 saturated heterocycles. The van der Waals surface area contributed by atoms with Gasteiger partial charge in [0.2, 0.25) is 0 Å². The van der Waals surface area contributed by atoms with Crippen molar-refractivity contribution in [1.82, 2.24) is 0 Å². The summed E-state index contributed by atoms with van der Waals surface area (Å²) in [5, 5.41) is 0. The van der Waals surface area contributed by atoms with Gasteiger partial charge in [-0.2, -0.15) is 0 Å². The topological polar surface area (TPSA) is 78.9 Å². The molecule has 0 spiro atoms. The number of rotatable bonds is 66. The van der Waals surface area contributed by atoms with Crippen molar-refractivity contribution in [2.45, 2.75) is 406 Å². The number of unbranched alkanes of at least 4 members (excludes halogenated alkanes) is 51. The molecule has 460 valence electrons. The maximum Gasteiger partial charge on any atom is 0.306 e. The van der Waals surface area contributed by atoms with Crippen molar-refractivity contribution in [3.8, 4) is 0 Å². The molecule has 0 heterocycles. The zero-order valence-electron chi connectivity index (χ0n) is 53.0. The van der Waals surface area contributed by atoms with Crippen LogP contribution in [0.2, 0.25) is 0 Å². The summed E-state index contributed by atoms with van der Waals surface area (Å²) in [5.74, 6) is -0.851. The van der Waals surface area contributed by atoms with Gasteiger partial charge in [0.1, 0.15) is 13.2 Å². The minimum atomic E-state index is -0.774. The maximum absolute atomic E-state index is 13.0. The number of esters is 3. The van der Waals surface area contributed by atoms with Gasteiger partial charge in [-0.15, -0.1) is 0 Å². The van der Waals surface area contributed by atoms with E-state index in [0.717, 1.165) is 77.0 Å². The predicted molar refractivity (Wildman–Crippen MR) is 340 cm³/mol. The molecular weight excluding hydrogens is 961 g/mol. The SMILES string of the molecule is CCCC/C=C\C/C=C\CCCCCCCC(=O)OCC(COC(=O)CCCCCCCCCCCCCCCCCCCCCCCCCC)OC(=O)CCCCCCCCCCCCCCCCCCCCCCCC. The zero-order chi connectivity index (χ0) is 56.4. The minimum Gasteiger partial charge on any atom is -0.462 e. The Morgan fingerprint density at radius 2 is 0.474 bits per heavy atom. The van der Waals surface area contributed by atoms with E-state index in [9.17, 15) is 14.4 Å². The number of carbonyl (C=O) groups excluding carboxylic acids is 3. The standard InChI is InChI=1S/C72H136O6/c1-4-7-10-13-16-19-22-25-28-30-32-34-36-37-39-40-42-44-47-50-53-56-59-62-65-71(74)77-68-69(67-76-70(73)64-61-58-55-52-49-46-27-24-21-18-15-12-9-6-3)78-72(75)66-63-60-57-54-51-48-45-43-41-38-35-33-31-29-26-23-20-17-14-11-8-5-2/h15,18,24,27,69H,4-14,16-17,19-23,25-26,28-68H2,1-3H3/b18-15-,27-24-. The number of hydrogen-bond donors (Lipinski definition) is 0. The highest BCUT2D eigenvalue weighted by Crippen LogP contribution is 2.19. The van der Waals surface area contributed by atoms with Crippen molar-refractivity contribution in [1.29, 1.82) is 0 Å². The summed E-state index contributed by atoms with van der Waals surface area (Å²) >= 11 is 0. The number of hydrogen-bond acceptors (Lipinski definition) is 6. The molecule has 78 heavy (non-hydrogen) atoms. The van der Waals surface area contributed by atoms with Crippen molar-refractivity contribution in [3.05, 3.63) is 24.3 Å². The first-order valence-electron chi connectivity index (χ1n) is 35.3. The lowest BCUT2D eigenvalue weighted by Crippen LogP contribution is -2.30. The summed E-state index contributed by atoms with van der Waals surface area (Å²) in [5.41, 5.74) is 0. The van der Waals surface area contributed by atoms with Gasteiger partial charge in [0.25, 0.3) is 0 Å². The van der Waals surface area contributed by atoms with E-state index >= 15 is 0 Å². The van der Waals surface area contributed by atoms with Crippen LogP contribution in [0.15, 0.2) is 24.3 Å². The average Bonchev–Trinajstić information content (AvgIpc) is 3.44. The van der Waals surface area contributed by atoms with Crippen LogP contribution in [0.25, 0.3) is 0 Å². The summed E-state index contributed by atoms with van der Waals surface area (Å²) in [6.07, 6.45) is 82.1. The van der Waals surface area contributed by atoms with Crippen molar-refractivity contribution in [2.75, 3.05) is 13.2 Å². The first kappa shape index (κ1) is 75.9. The van der Waals surface area contributed by atoms with E-state index in [4.69, 9.17) is 14.2 Å². The Bertz CT molecular complexity index is 1260. The van der Waals surface area contributed by atoms with E-state index in [2.05, 4.69) is 45.1 Å². The normalized spacial score (nSPS) is 12.1. The van der Waals surface area contributed by atoms with Crippen LogP contribution < -0.4 is 0 Å². The Kier molecular flexibility index (Phi) is 65.6. The second-order valence-corrected chi connectivity index (χ2v) is 24.2. The van der Waals surface area contributed by atoms with E-state index in [-0.39, 0.29) is 31.1 Å². The van der Waals surface area contributed by atoms with Gasteiger partial charge in [0.05, 0.1) is 0 Å². The third kappa shape index (κ3) is 64.7. The average molecular weight is 1100 g/mol. The lowest BCUT2D eigenvalue weighted by Gasteiger charge is -2.18. The molecule has 0 aromatic rings. The van der Waals surface area contributed by atoms with Crippen molar-refractivity contribution >= 4 is 17.9 Å². The molecule has 0 aliphatic carbocycles. The van der Waals surface area contributed by atoms with E-state index in [1.165, 1.54) is 283 Å². The van der Waals surface area contributed by atoms with Crippen LogP contribution in [-0.2, 0) is 28.6 Å². The van der Waals surface area contributed by atoms with E-state index in [1.54, 1.807) is 0 Å². The lowest BCUT2D eigenvalue weighted by atomic mass is 10.0. The maximum atomic E-state index is 13.0. The molecule has 0 aromatic heterocycles. The molecule has 0 fully saturated rings. The van der Waals surface area contributed by atoms with Crippen molar-refractivity contribution in [2.24, 2.45) is 0 Å². The summed E-state index contributed by atoms with van der Waals surface area (Å²) in [7, 11) is 0. The fourth-order valence-corrected chi connectivity index (χ4v) is 10.9. The molecule has 6 nitrogen and oxygen atoms in total. The summed E-state index contributed by atoms with van der Waals surface area (Å²) < 4.78 is 17.0. The molecule has 0 bridgehead atoms. The quantitative estimate of drug-likeness (QED) is 0.0261. The second-order valence-electron chi connectivity index (χ2n) is 24.2. The lowest BCUT2D eigenvalue weighted by molar-refractivity contribution is -0.167. The molecule has 0 aromatic carbocycles. The van der Waals surface area contributed by atoms with Crippen molar-refractivity contribution < 1.29 is 28.6 Å². The van der Waals surface area contributed by atoms with E-state index < -0.39 is 6.10 Å². The predicted octanol–water partition coefficient (Wildman–Crippen LogP) is 24.2. The van der Waals surface area contributed by atoms with Crippen LogP contribution in [-0.4, -0.2) is 37.2 Å². The molecule has 0 aliphatic rings. The van der Waals surface area contributed by atoms with E-state index in [0.29, 0.717) is 19.3 Å². The van der Waals surface area contributed by atoms with Crippen LogP contribution in [0.4, 0.5) is 0 Å². The monoisotopic (exact) mass is 1100 g/mol. The van der Waals surface area contributed by atoms with Gasteiger partial charge < -0.3 is 14.2 Å². The number of carbonyl (C=O) groups is 3. The molecule has 0 saturated carbocycles. The molecule has 0 N–H and O–H groups in total. The van der Waals surface area contributed by atoms with Gasteiger partial charge in [0.15, 0.2) is 6.10 Å². The highest BCUT2D eigenvalue weighted by molar-refractivity contribution is 5.71. The van der Waals surface area contributed by atoms with Crippen molar-refractivity contribution in [3.63, 3.8) is 0 Å². The van der Waals surface area contributed by atoms with Crippen LogP contribution in [0, 0.1) is 0 Å². The van der Waals surface area contributed by atoms with Crippen LogP contribution >= 0.6 is 0 Å². The molecule has 0 aliphatic heterocycles. The third-order valence-corrected chi connectivity index (χ3v) is 16.2. The van der Waals surface area contributed by atoms with Crippen LogP contribution in [0.1, 0.15) is 400 Å². The molecule has 0 rings (SSSR count). The largest absolute Gasteiger partial charge is 0.462 e. The smallest absolute Gasteiger partial charge is 0.306 e. The highest BCUT2D eigenvalue weighted by Gasteiger charge is 2.19. The zero-order valence-corrected chi connectivity index (χ0v) is 53.0.